The normalized spacial score (nSPS) is 21.8. The Morgan fingerprint density at radius 1 is 0.930 bits per heavy atom. The SMILES string of the molecule is CC(=C[C@H](C(C)C)N(C)C(=O)[C@@H](NC(=O)C1CCCCN1C)C(C)C)C(=O)N1CCC[C@H]1C(=O)O[C@H](C)c1ccccc1. The van der Waals surface area contributed by atoms with Gasteiger partial charge in [-0.25, -0.2) is 4.79 Å². The Labute approximate surface area is 258 Å². The summed E-state index contributed by atoms with van der Waals surface area (Å²) in [5.74, 6) is -1.03. The Bertz CT molecular complexity index is 1150. The van der Waals surface area contributed by atoms with Gasteiger partial charge in [0.05, 0.1) is 12.1 Å². The number of ether oxygens (including phenoxy) is 1. The molecule has 0 aliphatic carbocycles. The van der Waals surface area contributed by atoms with E-state index in [0.29, 0.717) is 18.5 Å². The highest BCUT2D eigenvalue weighted by atomic mass is 16.5. The van der Waals surface area contributed by atoms with Crippen molar-refractivity contribution < 1.29 is 23.9 Å². The third-order valence-electron chi connectivity index (χ3n) is 8.89. The lowest BCUT2D eigenvalue weighted by atomic mass is 9.96. The van der Waals surface area contributed by atoms with Crippen molar-refractivity contribution in [2.45, 2.75) is 104 Å². The quantitative estimate of drug-likeness (QED) is 0.302. The van der Waals surface area contributed by atoms with Gasteiger partial charge in [-0.05, 0) is 70.5 Å². The fraction of sp³-hybridized carbons (Fsp3) is 0.647. The highest BCUT2D eigenvalue weighted by Gasteiger charge is 2.38. The van der Waals surface area contributed by atoms with Gasteiger partial charge in [0, 0.05) is 19.2 Å². The topological polar surface area (TPSA) is 99.3 Å². The molecule has 2 heterocycles. The number of likely N-dealkylation sites (N-methyl/N-ethyl adjacent to an activating group) is 2. The summed E-state index contributed by atoms with van der Waals surface area (Å²) in [5.41, 5.74) is 1.38. The molecule has 2 aliphatic rings. The zero-order chi connectivity index (χ0) is 31.8. The predicted molar refractivity (Wildman–Crippen MR) is 168 cm³/mol. The number of nitrogens with zero attached hydrogens (tertiary/aromatic N) is 3. The fourth-order valence-electron chi connectivity index (χ4n) is 6.14. The maximum atomic E-state index is 13.8. The predicted octanol–water partition coefficient (Wildman–Crippen LogP) is 4.34. The third-order valence-corrected chi connectivity index (χ3v) is 8.89. The zero-order valence-electron chi connectivity index (χ0n) is 27.3. The van der Waals surface area contributed by atoms with E-state index in [4.69, 9.17) is 4.74 Å². The summed E-state index contributed by atoms with van der Waals surface area (Å²) < 4.78 is 5.76. The Hall–Kier alpha value is -3.20. The minimum absolute atomic E-state index is 0.00996. The number of nitrogens with one attached hydrogen (secondary N) is 1. The van der Waals surface area contributed by atoms with Gasteiger partial charge in [0.2, 0.25) is 17.7 Å². The van der Waals surface area contributed by atoms with Gasteiger partial charge in [-0.3, -0.25) is 19.3 Å². The summed E-state index contributed by atoms with van der Waals surface area (Å²) in [6.07, 6.45) is 5.53. The van der Waals surface area contributed by atoms with E-state index in [1.54, 1.807) is 23.8 Å². The molecule has 0 radical (unpaired) electrons. The third kappa shape index (κ3) is 8.68. The molecular formula is C34H52N4O5. The molecule has 5 atom stereocenters. The van der Waals surface area contributed by atoms with Crippen LogP contribution in [0.3, 0.4) is 0 Å². The monoisotopic (exact) mass is 596 g/mol. The van der Waals surface area contributed by atoms with Crippen molar-refractivity contribution in [3.8, 4) is 0 Å². The minimum atomic E-state index is -0.678. The molecular weight excluding hydrogens is 544 g/mol. The number of hydrogen-bond donors (Lipinski definition) is 1. The number of esters is 1. The van der Waals surface area contributed by atoms with Gasteiger partial charge in [-0.15, -0.1) is 0 Å². The molecule has 9 nitrogen and oxygen atoms in total. The van der Waals surface area contributed by atoms with Crippen LogP contribution < -0.4 is 5.32 Å². The molecule has 1 N–H and O–H groups in total. The largest absolute Gasteiger partial charge is 0.456 e. The second-order valence-corrected chi connectivity index (χ2v) is 12.9. The highest BCUT2D eigenvalue weighted by Crippen LogP contribution is 2.26. The number of piperidine rings is 1. The van der Waals surface area contributed by atoms with Gasteiger partial charge in [0.15, 0.2) is 0 Å². The lowest BCUT2D eigenvalue weighted by Crippen LogP contribution is -2.57. The number of amides is 3. The maximum Gasteiger partial charge on any atom is 0.329 e. The van der Waals surface area contributed by atoms with E-state index >= 15 is 0 Å². The van der Waals surface area contributed by atoms with Gasteiger partial charge in [0.1, 0.15) is 18.2 Å². The van der Waals surface area contributed by atoms with Crippen molar-refractivity contribution in [2.75, 3.05) is 27.2 Å². The van der Waals surface area contributed by atoms with Gasteiger partial charge < -0.3 is 19.9 Å². The minimum Gasteiger partial charge on any atom is -0.456 e. The standard InChI is InChI=1S/C34H52N4O5/c1-22(2)29(37(8)33(41)30(23(3)4)35-31(39)27-17-12-13-19-36(27)7)21-24(5)32(40)38-20-14-18-28(38)34(42)43-25(6)26-15-10-9-11-16-26/h9-11,15-16,21-23,25,27-30H,12-14,17-20H2,1-8H3,(H,35,39)/t25-,27?,28+,29-,30+/m1/s1. The van der Waals surface area contributed by atoms with Crippen molar-refractivity contribution in [1.82, 2.24) is 20.0 Å². The van der Waals surface area contributed by atoms with Crippen LogP contribution in [-0.2, 0) is 23.9 Å². The van der Waals surface area contributed by atoms with Gasteiger partial charge in [-0.2, -0.15) is 0 Å². The van der Waals surface area contributed by atoms with E-state index in [0.717, 1.165) is 37.8 Å². The van der Waals surface area contributed by atoms with Gasteiger partial charge in [0.25, 0.3) is 0 Å². The second kappa shape index (κ2) is 15.5. The van der Waals surface area contributed by atoms with Crippen LogP contribution in [0.1, 0.15) is 85.3 Å². The number of rotatable bonds is 11. The van der Waals surface area contributed by atoms with E-state index in [2.05, 4.69) is 10.2 Å². The fourth-order valence-corrected chi connectivity index (χ4v) is 6.14. The van der Waals surface area contributed by atoms with Crippen molar-refractivity contribution in [3.05, 3.63) is 47.5 Å². The Kier molecular flexibility index (Phi) is 12.4. The number of likely N-dealkylation sites (tertiary alicyclic amines) is 2. The van der Waals surface area contributed by atoms with Crippen molar-refractivity contribution in [3.63, 3.8) is 0 Å². The van der Waals surface area contributed by atoms with Crippen molar-refractivity contribution >= 4 is 23.7 Å². The summed E-state index contributed by atoms with van der Waals surface area (Å²) in [5, 5.41) is 3.04. The molecule has 2 fully saturated rings. The van der Waals surface area contributed by atoms with E-state index in [-0.39, 0.29) is 41.6 Å². The first kappa shape index (κ1) is 34.3. The molecule has 43 heavy (non-hydrogen) atoms. The molecule has 3 amide bonds. The molecule has 0 saturated carbocycles. The molecule has 0 bridgehead atoms. The Morgan fingerprint density at radius 3 is 2.19 bits per heavy atom. The zero-order valence-corrected chi connectivity index (χ0v) is 27.3. The number of hydrogen-bond acceptors (Lipinski definition) is 6. The molecule has 3 rings (SSSR count). The van der Waals surface area contributed by atoms with E-state index < -0.39 is 24.2 Å². The molecule has 238 valence electrons. The lowest BCUT2D eigenvalue weighted by Gasteiger charge is -2.36. The first-order valence-electron chi connectivity index (χ1n) is 15.9. The molecule has 0 aromatic heterocycles. The molecule has 2 aliphatic heterocycles. The van der Waals surface area contributed by atoms with Crippen LogP contribution in [0.5, 0.6) is 0 Å². The first-order chi connectivity index (χ1) is 20.3. The Morgan fingerprint density at radius 2 is 1.58 bits per heavy atom. The molecule has 9 heteroatoms. The van der Waals surface area contributed by atoms with Crippen LogP contribution in [-0.4, -0.2) is 89.7 Å². The molecule has 1 aromatic rings. The van der Waals surface area contributed by atoms with Crippen LogP contribution in [0, 0.1) is 11.8 Å². The second-order valence-electron chi connectivity index (χ2n) is 12.9. The molecule has 2 saturated heterocycles. The molecule has 0 spiro atoms. The first-order valence-corrected chi connectivity index (χ1v) is 15.9. The average molecular weight is 597 g/mol. The van der Waals surface area contributed by atoms with Crippen molar-refractivity contribution in [1.29, 1.82) is 0 Å². The van der Waals surface area contributed by atoms with Gasteiger partial charge >= 0.3 is 5.97 Å². The summed E-state index contributed by atoms with van der Waals surface area (Å²) in [4.78, 5) is 59.1. The van der Waals surface area contributed by atoms with E-state index in [1.807, 2.05) is 78.1 Å². The van der Waals surface area contributed by atoms with E-state index in [9.17, 15) is 19.2 Å². The van der Waals surface area contributed by atoms with Crippen LogP contribution in [0.15, 0.2) is 42.0 Å². The summed E-state index contributed by atoms with van der Waals surface area (Å²) in [7, 11) is 3.69. The van der Waals surface area contributed by atoms with Crippen LogP contribution in [0.25, 0.3) is 0 Å². The number of carbonyl (C=O) groups excluding carboxylic acids is 4. The molecule has 1 aromatic carbocycles. The highest BCUT2D eigenvalue weighted by molar-refractivity contribution is 5.96. The van der Waals surface area contributed by atoms with Crippen LogP contribution >= 0.6 is 0 Å². The van der Waals surface area contributed by atoms with Gasteiger partial charge in [-0.1, -0.05) is 70.5 Å². The lowest BCUT2D eigenvalue weighted by molar-refractivity contribution is -0.156. The number of benzene rings is 1. The van der Waals surface area contributed by atoms with Crippen molar-refractivity contribution in [2.24, 2.45) is 11.8 Å². The van der Waals surface area contributed by atoms with Crippen LogP contribution in [0.2, 0.25) is 0 Å². The number of carbonyl (C=O) groups is 4. The van der Waals surface area contributed by atoms with E-state index in [1.165, 1.54) is 0 Å². The van der Waals surface area contributed by atoms with Crippen LogP contribution in [0.4, 0.5) is 0 Å². The summed E-state index contributed by atoms with van der Waals surface area (Å²) >= 11 is 0. The molecule has 1 unspecified atom stereocenters. The smallest absolute Gasteiger partial charge is 0.329 e. The Balaban J connectivity index is 1.72. The summed E-state index contributed by atoms with van der Waals surface area (Å²) in [6.45, 7) is 12.8. The summed E-state index contributed by atoms with van der Waals surface area (Å²) in [6, 6.07) is 7.61. The maximum absolute atomic E-state index is 13.8. The average Bonchev–Trinajstić information content (AvgIpc) is 3.48.